The predicted octanol–water partition coefficient (Wildman–Crippen LogP) is 4.44. The number of nitro groups is 1. The summed E-state index contributed by atoms with van der Waals surface area (Å²) < 4.78 is 22.6. The summed E-state index contributed by atoms with van der Waals surface area (Å²) in [4.78, 5) is 18.6. The third-order valence-corrected chi connectivity index (χ3v) is 5.21. The highest BCUT2D eigenvalue weighted by molar-refractivity contribution is 7.22. The standard InChI is InChI=1S/C18H13FN4O3S/c1-2-22-9-14(21-10-22)17-8-13-18(27-17)16(5-6-20-13)26-15-4-3-11(23(24)25)7-12(15)19/h3-10H,2H2,1H3/p+1. The molecule has 0 radical (unpaired) electrons. The van der Waals surface area contributed by atoms with Crippen LogP contribution in [0.2, 0.25) is 0 Å². The number of nitrogens with zero attached hydrogens (tertiary/aromatic N) is 3. The first kappa shape index (κ1) is 17.1. The van der Waals surface area contributed by atoms with Crippen molar-refractivity contribution in [3.8, 4) is 22.1 Å². The lowest BCUT2D eigenvalue weighted by molar-refractivity contribution is -0.692. The molecule has 0 fully saturated rings. The van der Waals surface area contributed by atoms with Gasteiger partial charge in [0.25, 0.3) is 5.69 Å². The minimum atomic E-state index is -0.792. The van der Waals surface area contributed by atoms with Gasteiger partial charge < -0.3 is 4.74 Å². The first-order valence-corrected chi connectivity index (χ1v) is 8.95. The fourth-order valence-corrected chi connectivity index (χ4v) is 3.68. The maximum atomic E-state index is 14.2. The molecule has 0 aliphatic rings. The number of aryl methyl sites for hydroxylation is 1. The van der Waals surface area contributed by atoms with Gasteiger partial charge in [-0.1, -0.05) is 0 Å². The van der Waals surface area contributed by atoms with Crippen molar-refractivity contribution in [2.75, 3.05) is 0 Å². The van der Waals surface area contributed by atoms with Crippen LogP contribution >= 0.6 is 11.3 Å². The van der Waals surface area contributed by atoms with Crippen LogP contribution < -0.4 is 9.30 Å². The Morgan fingerprint density at radius 3 is 2.89 bits per heavy atom. The Labute approximate surface area is 156 Å². The smallest absolute Gasteiger partial charge is 0.272 e. The van der Waals surface area contributed by atoms with Crippen molar-refractivity contribution >= 4 is 27.2 Å². The van der Waals surface area contributed by atoms with E-state index in [-0.39, 0.29) is 11.4 Å². The van der Waals surface area contributed by atoms with Gasteiger partial charge in [0.1, 0.15) is 11.9 Å². The molecular weight excluding hydrogens is 371 g/mol. The Balaban J connectivity index is 1.71. The topological polar surface area (TPSA) is 84.9 Å². The zero-order valence-electron chi connectivity index (χ0n) is 14.2. The minimum absolute atomic E-state index is 0.0771. The number of hydrogen-bond acceptors (Lipinski definition) is 5. The van der Waals surface area contributed by atoms with Crippen LogP contribution in [0.1, 0.15) is 6.92 Å². The molecule has 0 atom stereocenters. The van der Waals surface area contributed by atoms with Crippen LogP contribution in [0.3, 0.4) is 0 Å². The van der Waals surface area contributed by atoms with Crippen molar-refractivity contribution in [2.24, 2.45) is 0 Å². The number of non-ortho nitro benzene ring substituents is 1. The van der Waals surface area contributed by atoms with E-state index in [2.05, 4.69) is 16.9 Å². The monoisotopic (exact) mass is 385 g/mol. The van der Waals surface area contributed by atoms with E-state index in [9.17, 15) is 14.5 Å². The van der Waals surface area contributed by atoms with Gasteiger partial charge in [0, 0.05) is 18.3 Å². The van der Waals surface area contributed by atoms with Gasteiger partial charge in [-0.15, -0.1) is 11.3 Å². The van der Waals surface area contributed by atoms with Crippen molar-refractivity contribution < 1.29 is 18.6 Å². The van der Waals surface area contributed by atoms with Crippen LogP contribution in [0.15, 0.2) is 49.1 Å². The molecule has 0 saturated heterocycles. The number of thiophene rings is 1. The van der Waals surface area contributed by atoms with E-state index in [4.69, 9.17) is 4.74 Å². The minimum Gasteiger partial charge on any atom is -0.453 e. The van der Waals surface area contributed by atoms with E-state index in [1.807, 2.05) is 23.2 Å². The number of halogens is 1. The number of hydrogen-bond donors (Lipinski definition) is 1. The molecule has 7 nitrogen and oxygen atoms in total. The summed E-state index contributed by atoms with van der Waals surface area (Å²) in [5.74, 6) is -0.426. The van der Waals surface area contributed by atoms with Crippen molar-refractivity contribution in [2.45, 2.75) is 13.5 Å². The second-order valence-corrected chi connectivity index (χ2v) is 6.81. The molecule has 0 unspecified atom stereocenters. The summed E-state index contributed by atoms with van der Waals surface area (Å²) in [5, 5.41) is 10.7. The number of aromatic amines is 1. The summed E-state index contributed by atoms with van der Waals surface area (Å²) in [6, 6.07) is 6.88. The number of ether oxygens (including phenoxy) is 1. The Morgan fingerprint density at radius 1 is 1.33 bits per heavy atom. The SMILES string of the molecule is CC[n+]1c[nH]c(-c2cc3nccc(Oc4ccc([N+](=O)[O-])cc4F)c3s2)c1. The van der Waals surface area contributed by atoms with Crippen molar-refractivity contribution in [3.63, 3.8) is 0 Å². The number of rotatable bonds is 5. The van der Waals surface area contributed by atoms with Gasteiger partial charge in [-0.2, -0.15) is 0 Å². The number of imidazole rings is 1. The molecule has 3 aromatic heterocycles. The van der Waals surface area contributed by atoms with E-state index in [0.717, 1.165) is 33.4 Å². The fraction of sp³-hybridized carbons (Fsp3) is 0.111. The van der Waals surface area contributed by atoms with Crippen molar-refractivity contribution in [1.29, 1.82) is 0 Å². The molecular formula is C18H14FN4O3S+. The maximum absolute atomic E-state index is 14.2. The van der Waals surface area contributed by atoms with Crippen LogP contribution in [0, 0.1) is 15.9 Å². The summed E-state index contributed by atoms with van der Waals surface area (Å²) in [7, 11) is 0. The summed E-state index contributed by atoms with van der Waals surface area (Å²) >= 11 is 1.47. The lowest BCUT2D eigenvalue weighted by Gasteiger charge is -2.07. The Morgan fingerprint density at radius 2 is 2.19 bits per heavy atom. The Kier molecular flexibility index (Phi) is 4.28. The van der Waals surface area contributed by atoms with Gasteiger partial charge >= 0.3 is 0 Å². The number of nitrogens with one attached hydrogen (secondary N) is 1. The quantitative estimate of drug-likeness (QED) is 0.313. The van der Waals surface area contributed by atoms with E-state index in [1.54, 1.807) is 12.3 Å². The molecule has 0 amide bonds. The molecule has 0 saturated carbocycles. The number of benzene rings is 1. The number of aromatic nitrogens is 3. The molecule has 4 aromatic rings. The van der Waals surface area contributed by atoms with Crippen LogP contribution in [0.5, 0.6) is 11.5 Å². The van der Waals surface area contributed by atoms with Gasteiger partial charge in [0.05, 0.1) is 32.6 Å². The second kappa shape index (κ2) is 6.76. The third kappa shape index (κ3) is 3.24. The lowest BCUT2D eigenvalue weighted by atomic mass is 10.3. The maximum Gasteiger partial charge on any atom is 0.272 e. The average Bonchev–Trinajstić information content (AvgIpc) is 3.30. The first-order chi connectivity index (χ1) is 13.0. The van der Waals surface area contributed by atoms with Crippen molar-refractivity contribution in [3.05, 3.63) is 65.0 Å². The Bertz CT molecular complexity index is 1150. The van der Waals surface area contributed by atoms with Gasteiger partial charge in [-0.05, 0) is 19.1 Å². The third-order valence-electron chi connectivity index (χ3n) is 4.03. The molecule has 9 heteroatoms. The predicted molar refractivity (Wildman–Crippen MR) is 98.4 cm³/mol. The van der Waals surface area contributed by atoms with E-state index in [0.29, 0.717) is 5.75 Å². The van der Waals surface area contributed by atoms with Crippen LogP contribution in [0.25, 0.3) is 20.8 Å². The van der Waals surface area contributed by atoms with Crippen LogP contribution in [0.4, 0.5) is 10.1 Å². The molecule has 0 aliphatic carbocycles. The normalized spacial score (nSPS) is 11.0. The second-order valence-electron chi connectivity index (χ2n) is 5.75. The van der Waals surface area contributed by atoms with E-state index < -0.39 is 10.7 Å². The summed E-state index contributed by atoms with van der Waals surface area (Å²) in [6.07, 6.45) is 5.47. The van der Waals surface area contributed by atoms with Gasteiger partial charge in [-0.25, -0.2) is 13.9 Å². The highest BCUT2D eigenvalue weighted by Crippen LogP contribution is 2.39. The van der Waals surface area contributed by atoms with Gasteiger partial charge in [-0.3, -0.25) is 15.1 Å². The number of H-pyrrole nitrogens is 1. The van der Waals surface area contributed by atoms with Gasteiger partial charge in [0.15, 0.2) is 17.3 Å². The number of pyridine rings is 1. The molecule has 136 valence electrons. The average molecular weight is 385 g/mol. The number of nitro benzene ring substituents is 1. The summed E-state index contributed by atoms with van der Waals surface area (Å²) in [6.45, 7) is 2.90. The Hall–Kier alpha value is -3.33. The largest absolute Gasteiger partial charge is 0.453 e. The molecule has 1 aromatic carbocycles. The first-order valence-electron chi connectivity index (χ1n) is 8.13. The highest BCUT2D eigenvalue weighted by Gasteiger charge is 2.17. The molecule has 1 N–H and O–H groups in total. The molecule has 27 heavy (non-hydrogen) atoms. The zero-order valence-corrected chi connectivity index (χ0v) is 15.0. The molecule has 0 bridgehead atoms. The van der Waals surface area contributed by atoms with Crippen molar-refractivity contribution in [1.82, 2.24) is 9.97 Å². The van der Waals surface area contributed by atoms with E-state index in [1.165, 1.54) is 23.5 Å². The van der Waals surface area contributed by atoms with Crippen LogP contribution in [-0.2, 0) is 6.54 Å². The van der Waals surface area contributed by atoms with Crippen LogP contribution in [-0.4, -0.2) is 14.9 Å². The number of fused-ring (bicyclic) bond motifs is 1. The lowest BCUT2D eigenvalue weighted by Crippen LogP contribution is -2.28. The zero-order chi connectivity index (χ0) is 19.0. The molecule has 0 aliphatic heterocycles. The molecule has 3 heterocycles. The fourth-order valence-electron chi connectivity index (χ4n) is 2.64. The molecule has 4 rings (SSSR count). The molecule has 0 spiro atoms. The van der Waals surface area contributed by atoms with Gasteiger partial charge in [0.2, 0.25) is 6.33 Å². The summed E-state index contributed by atoms with van der Waals surface area (Å²) in [5.41, 5.74) is 1.36. The highest BCUT2D eigenvalue weighted by atomic mass is 32.1. The van der Waals surface area contributed by atoms with E-state index >= 15 is 0 Å².